The zero-order chi connectivity index (χ0) is 15.2. The maximum Gasteiger partial charge on any atom is 0.163 e. The maximum atomic E-state index is 13.9. The van der Waals surface area contributed by atoms with Gasteiger partial charge in [0.05, 0.1) is 0 Å². The Labute approximate surface area is 126 Å². The number of hydrogen-bond donors (Lipinski definition) is 1. The van der Waals surface area contributed by atoms with Crippen LogP contribution in [0.3, 0.4) is 0 Å². The third-order valence-corrected chi connectivity index (χ3v) is 4.55. The van der Waals surface area contributed by atoms with Crippen LogP contribution in [0.4, 0.5) is 8.78 Å². The Morgan fingerprint density at radius 3 is 2.86 bits per heavy atom. The quantitative estimate of drug-likeness (QED) is 0.890. The predicted octanol–water partition coefficient (Wildman–Crippen LogP) is 3.74. The van der Waals surface area contributed by atoms with Crippen molar-refractivity contribution in [3.63, 3.8) is 0 Å². The highest BCUT2D eigenvalue weighted by molar-refractivity contribution is 5.22. The number of rotatable bonds is 5. The normalized spacial score (nSPS) is 22.0. The summed E-state index contributed by atoms with van der Waals surface area (Å²) < 4.78 is 27.2. The molecule has 1 aliphatic rings. The van der Waals surface area contributed by atoms with Crippen molar-refractivity contribution in [2.75, 3.05) is 26.7 Å². The molecule has 0 saturated carbocycles. The molecule has 0 radical (unpaired) electrons. The van der Waals surface area contributed by atoms with Crippen LogP contribution < -0.4 is 5.32 Å². The molecule has 1 aromatic carbocycles. The first-order chi connectivity index (χ1) is 10.1. The van der Waals surface area contributed by atoms with Gasteiger partial charge in [-0.1, -0.05) is 19.1 Å². The smallest absolute Gasteiger partial charge is 0.163 e. The SMILES string of the molecule is CNC(CCN1CCCC(C)CC1)c1cccc(F)c1F. The molecule has 1 fully saturated rings. The van der Waals surface area contributed by atoms with Crippen LogP contribution in [0.5, 0.6) is 0 Å². The van der Waals surface area contributed by atoms with E-state index >= 15 is 0 Å². The van der Waals surface area contributed by atoms with Crippen molar-refractivity contribution in [2.45, 2.75) is 38.6 Å². The molecule has 1 aromatic rings. The van der Waals surface area contributed by atoms with Gasteiger partial charge in [-0.15, -0.1) is 0 Å². The molecule has 21 heavy (non-hydrogen) atoms. The second-order valence-electron chi connectivity index (χ2n) is 6.15. The third-order valence-electron chi connectivity index (χ3n) is 4.55. The van der Waals surface area contributed by atoms with Crippen molar-refractivity contribution in [1.82, 2.24) is 10.2 Å². The summed E-state index contributed by atoms with van der Waals surface area (Å²) in [6, 6.07) is 4.28. The minimum Gasteiger partial charge on any atom is -0.313 e. The van der Waals surface area contributed by atoms with Crippen LogP contribution in [0, 0.1) is 17.6 Å². The van der Waals surface area contributed by atoms with Gasteiger partial charge in [-0.05, 0) is 64.3 Å². The van der Waals surface area contributed by atoms with Gasteiger partial charge < -0.3 is 10.2 Å². The molecule has 0 spiro atoms. The molecule has 2 atom stereocenters. The third kappa shape index (κ3) is 4.48. The second-order valence-corrected chi connectivity index (χ2v) is 6.15. The summed E-state index contributed by atoms with van der Waals surface area (Å²) in [7, 11) is 1.81. The molecule has 2 rings (SSSR count). The minimum absolute atomic E-state index is 0.138. The van der Waals surface area contributed by atoms with Gasteiger partial charge in [0.25, 0.3) is 0 Å². The van der Waals surface area contributed by atoms with Crippen LogP contribution >= 0.6 is 0 Å². The Bertz CT molecular complexity index is 450. The number of nitrogens with zero attached hydrogens (tertiary/aromatic N) is 1. The standard InChI is InChI=1S/C17H26F2N2/c1-13-5-4-10-21(11-8-13)12-9-16(20-2)14-6-3-7-15(18)17(14)19/h3,6-7,13,16,20H,4-5,8-12H2,1-2H3. The number of benzene rings is 1. The first-order valence-electron chi connectivity index (χ1n) is 7.95. The van der Waals surface area contributed by atoms with E-state index in [0.29, 0.717) is 5.56 Å². The average molecular weight is 296 g/mol. The summed E-state index contributed by atoms with van der Waals surface area (Å²) in [4.78, 5) is 2.45. The molecule has 0 bridgehead atoms. The van der Waals surface area contributed by atoms with Crippen molar-refractivity contribution in [1.29, 1.82) is 0 Å². The first kappa shape index (κ1) is 16.4. The highest BCUT2D eigenvalue weighted by Crippen LogP contribution is 2.23. The Hall–Kier alpha value is -1.00. The summed E-state index contributed by atoms with van der Waals surface area (Å²) in [5.74, 6) is -0.687. The molecule has 0 amide bonds. The summed E-state index contributed by atoms with van der Waals surface area (Å²) in [6.45, 7) is 5.46. The van der Waals surface area contributed by atoms with Crippen LogP contribution in [-0.4, -0.2) is 31.6 Å². The fourth-order valence-electron chi connectivity index (χ4n) is 3.10. The summed E-state index contributed by atoms with van der Waals surface area (Å²) in [5, 5.41) is 3.12. The maximum absolute atomic E-state index is 13.9. The van der Waals surface area contributed by atoms with E-state index in [4.69, 9.17) is 0 Å². The van der Waals surface area contributed by atoms with E-state index in [0.717, 1.165) is 32.0 Å². The summed E-state index contributed by atoms with van der Waals surface area (Å²) in [5.41, 5.74) is 0.431. The number of likely N-dealkylation sites (tertiary alicyclic amines) is 1. The molecule has 1 N–H and O–H groups in total. The number of nitrogens with one attached hydrogen (secondary N) is 1. The van der Waals surface area contributed by atoms with Gasteiger partial charge in [0.2, 0.25) is 0 Å². The number of halogens is 2. The molecular weight excluding hydrogens is 270 g/mol. The van der Waals surface area contributed by atoms with Gasteiger partial charge in [0, 0.05) is 11.6 Å². The molecule has 1 saturated heterocycles. The van der Waals surface area contributed by atoms with Crippen molar-refractivity contribution in [3.05, 3.63) is 35.4 Å². The summed E-state index contributed by atoms with van der Waals surface area (Å²) >= 11 is 0. The van der Waals surface area contributed by atoms with Gasteiger partial charge in [0.15, 0.2) is 11.6 Å². The number of hydrogen-bond acceptors (Lipinski definition) is 2. The summed E-state index contributed by atoms with van der Waals surface area (Å²) in [6.07, 6.45) is 4.56. The average Bonchev–Trinajstić information content (AvgIpc) is 2.68. The molecule has 2 nitrogen and oxygen atoms in total. The van der Waals surface area contributed by atoms with E-state index in [2.05, 4.69) is 17.1 Å². The fraction of sp³-hybridized carbons (Fsp3) is 0.647. The molecule has 118 valence electrons. The van der Waals surface area contributed by atoms with Crippen LogP contribution in [0.15, 0.2) is 18.2 Å². The lowest BCUT2D eigenvalue weighted by molar-refractivity contribution is 0.264. The van der Waals surface area contributed by atoms with Crippen LogP contribution in [-0.2, 0) is 0 Å². The second kappa shape index (κ2) is 7.85. The van der Waals surface area contributed by atoms with Gasteiger partial charge in [-0.3, -0.25) is 0 Å². The Morgan fingerprint density at radius 1 is 1.29 bits per heavy atom. The molecule has 4 heteroatoms. The Balaban J connectivity index is 1.94. The lowest BCUT2D eigenvalue weighted by atomic mass is 10.0. The van der Waals surface area contributed by atoms with E-state index in [-0.39, 0.29) is 6.04 Å². The van der Waals surface area contributed by atoms with Gasteiger partial charge >= 0.3 is 0 Å². The molecule has 1 heterocycles. The Kier molecular flexibility index (Phi) is 6.12. The monoisotopic (exact) mass is 296 g/mol. The zero-order valence-electron chi connectivity index (χ0n) is 13.0. The molecule has 0 aliphatic carbocycles. The van der Waals surface area contributed by atoms with E-state index < -0.39 is 11.6 Å². The highest BCUT2D eigenvalue weighted by Gasteiger charge is 2.19. The lowest BCUT2D eigenvalue weighted by Crippen LogP contribution is -2.29. The highest BCUT2D eigenvalue weighted by atomic mass is 19.2. The Morgan fingerprint density at radius 2 is 2.10 bits per heavy atom. The van der Waals surface area contributed by atoms with Crippen LogP contribution in [0.1, 0.15) is 44.2 Å². The van der Waals surface area contributed by atoms with Crippen LogP contribution in [0.25, 0.3) is 0 Å². The van der Waals surface area contributed by atoms with E-state index in [1.807, 2.05) is 0 Å². The van der Waals surface area contributed by atoms with E-state index in [1.54, 1.807) is 19.2 Å². The van der Waals surface area contributed by atoms with E-state index in [1.165, 1.54) is 25.3 Å². The van der Waals surface area contributed by atoms with E-state index in [9.17, 15) is 8.78 Å². The largest absolute Gasteiger partial charge is 0.313 e. The zero-order valence-corrected chi connectivity index (χ0v) is 13.0. The minimum atomic E-state index is -0.767. The lowest BCUT2D eigenvalue weighted by Gasteiger charge is -2.24. The molecular formula is C17H26F2N2. The van der Waals surface area contributed by atoms with Crippen molar-refractivity contribution in [3.8, 4) is 0 Å². The van der Waals surface area contributed by atoms with Gasteiger partial charge in [0.1, 0.15) is 0 Å². The van der Waals surface area contributed by atoms with Gasteiger partial charge in [-0.2, -0.15) is 0 Å². The molecule has 2 unspecified atom stereocenters. The van der Waals surface area contributed by atoms with Crippen molar-refractivity contribution < 1.29 is 8.78 Å². The first-order valence-corrected chi connectivity index (χ1v) is 7.95. The van der Waals surface area contributed by atoms with Crippen molar-refractivity contribution >= 4 is 0 Å². The van der Waals surface area contributed by atoms with Gasteiger partial charge in [-0.25, -0.2) is 8.78 Å². The van der Waals surface area contributed by atoms with Crippen LogP contribution in [0.2, 0.25) is 0 Å². The molecule has 0 aromatic heterocycles. The fourth-order valence-corrected chi connectivity index (χ4v) is 3.10. The van der Waals surface area contributed by atoms with Crippen molar-refractivity contribution in [2.24, 2.45) is 5.92 Å². The predicted molar refractivity (Wildman–Crippen MR) is 82.2 cm³/mol. The topological polar surface area (TPSA) is 15.3 Å². The molecule has 1 aliphatic heterocycles.